The number of halogens is 1. The molecule has 1 atom stereocenters. The summed E-state index contributed by atoms with van der Waals surface area (Å²) < 4.78 is 13.1. The van der Waals surface area contributed by atoms with Crippen molar-refractivity contribution in [2.24, 2.45) is 0 Å². The van der Waals surface area contributed by atoms with Gasteiger partial charge in [0.05, 0.1) is 0 Å². The minimum absolute atomic E-state index is 0.234. The number of carbonyl (C=O) groups is 2. The first kappa shape index (κ1) is 14.9. The summed E-state index contributed by atoms with van der Waals surface area (Å²) in [5.74, 6) is -1.59. The Kier molecular flexibility index (Phi) is 4.47. The van der Waals surface area contributed by atoms with Gasteiger partial charge in [-0.2, -0.15) is 0 Å². The molecular weight excluding hydrogens is 251 g/mol. The Hall–Kier alpha value is -2.11. The third kappa shape index (κ3) is 3.94. The zero-order chi connectivity index (χ0) is 14.6. The minimum atomic E-state index is -1.35. The van der Waals surface area contributed by atoms with Gasteiger partial charge in [0, 0.05) is 5.69 Å². The lowest BCUT2D eigenvalue weighted by molar-refractivity contribution is -0.143. The van der Waals surface area contributed by atoms with Crippen LogP contribution in [0.5, 0.6) is 0 Å². The van der Waals surface area contributed by atoms with Crippen molar-refractivity contribution >= 4 is 17.7 Å². The van der Waals surface area contributed by atoms with Crippen molar-refractivity contribution < 1.29 is 19.1 Å². The molecule has 1 aromatic rings. The molecule has 3 N–H and O–H groups in total. The van der Waals surface area contributed by atoms with Crippen LogP contribution < -0.4 is 10.6 Å². The standard InChI is InChI=1S/C13H17FN2O3/c1-4-13(3,11(17)18)16-12(19)15-10-6-8(2)5-9(14)7-10/h5-7H,4H2,1-3H3,(H,17,18)(H2,15,16,19). The quantitative estimate of drug-likeness (QED) is 0.785. The Morgan fingerprint density at radius 2 is 2.00 bits per heavy atom. The molecule has 0 radical (unpaired) electrons. The molecule has 0 saturated heterocycles. The Morgan fingerprint density at radius 1 is 1.37 bits per heavy atom. The lowest BCUT2D eigenvalue weighted by Gasteiger charge is -2.24. The van der Waals surface area contributed by atoms with Gasteiger partial charge in [-0.25, -0.2) is 14.0 Å². The molecule has 0 bridgehead atoms. The second kappa shape index (κ2) is 5.69. The maximum Gasteiger partial charge on any atom is 0.329 e. The Bertz CT molecular complexity index is 484. The van der Waals surface area contributed by atoms with Crippen molar-refractivity contribution in [1.29, 1.82) is 0 Å². The first-order valence-electron chi connectivity index (χ1n) is 5.86. The normalized spacial score (nSPS) is 13.5. The fourth-order valence-electron chi connectivity index (χ4n) is 1.51. The van der Waals surface area contributed by atoms with Crippen LogP contribution in [0.1, 0.15) is 25.8 Å². The molecule has 1 aromatic carbocycles. The van der Waals surface area contributed by atoms with Gasteiger partial charge in [-0.05, 0) is 44.0 Å². The molecule has 0 saturated carbocycles. The largest absolute Gasteiger partial charge is 0.480 e. The van der Waals surface area contributed by atoms with Gasteiger partial charge in [0.15, 0.2) is 0 Å². The average Bonchev–Trinajstić information content (AvgIpc) is 2.26. The highest BCUT2D eigenvalue weighted by atomic mass is 19.1. The predicted octanol–water partition coefficient (Wildman–Crippen LogP) is 2.51. The maximum atomic E-state index is 13.1. The van der Waals surface area contributed by atoms with Gasteiger partial charge in [0.2, 0.25) is 0 Å². The van der Waals surface area contributed by atoms with Crippen molar-refractivity contribution in [1.82, 2.24) is 5.32 Å². The van der Waals surface area contributed by atoms with Gasteiger partial charge in [0.25, 0.3) is 0 Å². The smallest absolute Gasteiger partial charge is 0.329 e. The van der Waals surface area contributed by atoms with Crippen LogP contribution in [0.25, 0.3) is 0 Å². The van der Waals surface area contributed by atoms with Crippen LogP contribution in [-0.4, -0.2) is 22.6 Å². The number of carboxylic acids is 1. The van der Waals surface area contributed by atoms with Crippen LogP contribution in [0.2, 0.25) is 0 Å². The van der Waals surface area contributed by atoms with Gasteiger partial charge in [-0.3, -0.25) is 0 Å². The molecule has 0 aliphatic heterocycles. The van der Waals surface area contributed by atoms with Crippen LogP contribution in [0.4, 0.5) is 14.9 Å². The Balaban J connectivity index is 2.77. The fraction of sp³-hybridized carbons (Fsp3) is 0.385. The molecule has 1 unspecified atom stereocenters. The van der Waals surface area contributed by atoms with E-state index in [0.29, 0.717) is 5.56 Å². The number of aryl methyl sites for hydroxylation is 1. The molecule has 0 aliphatic rings. The molecule has 1 rings (SSSR count). The van der Waals surface area contributed by atoms with Gasteiger partial charge in [0.1, 0.15) is 11.4 Å². The topological polar surface area (TPSA) is 78.4 Å². The van der Waals surface area contributed by atoms with E-state index in [1.807, 2.05) is 0 Å². The SMILES string of the molecule is CCC(C)(NC(=O)Nc1cc(C)cc(F)c1)C(=O)O. The van der Waals surface area contributed by atoms with Crippen molar-refractivity contribution in [2.45, 2.75) is 32.7 Å². The molecule has 104 valence electrons. The van der Waals surface area contributed by atoms with Crippen LogP contribution in [-0.2, 0) is 4.79 Å². The molecule has 0 fully saturated rings. The number of benzene rings is 1. The number of aliphatic carboxylic acids is 1. The third-order valence-electron chi connectivity index (χ3n) is 2.87. The number of amides is 2. The van der Waals surface area contributed by atoms with Gasteiger partial charge < -0.3 is 15.7 Å². The lowest BCUT2D eigenvalue weighted by Crippen LogP contribution is -2.53. The van der Waals surface area contributed by atoms with E-state index in [9.17, 15) is 14.0 Å². The van der Waals surface area contributed by atoms with Crippen LogP contribution in [0.3, 0.4) is 0 Å². The second-order valence-electron chi connectivity index (χ2n) is 4.59. The summed E-state index contributed by atoms with van der Waals surface area (Å²) in [6, 6.07) is 3.40. The summed E-state index contributed by atoms with van der Waals surface area (Å²) in [5, 5.41) is 13.8. The summed E-state index contributed by atoms with van der Waals surface area (Å²) in [5.41, 5.74) is -0.419. The highest BCUT2D eigenvalue weighted by Gasteiger charge is 2.32. The first-order valence-corrected chi connectivity index (χ1v) is 5.86. The molecule has 0 spiro atoms. The van der Waals surface area contributed by atoms with Crippen LogP contribution in [0, 0.1) is 12.7 Å². The predicted molar refractivity (Wildman–Crippen MR) is 69.6 cm³/mol. The molecule has 19 heavy (non-hydrogen) atoms. The van der Waals surface area contributed by atoms with Crippen LogP contribution in [0.15, 0.2) is 18.2 Å². The maximum absolute atomic E-state index is 13.1. The second-order valence-corrected chi connectivity index (χ2v) is 4.59. The summed E-state index contributed by atoms with van der Waals surface area (Å²) in [4.78, 5) is 22.8. The summed E-state index contributed by atoms with van der Waals surface area (Å²) in [7, 11) is 0. The number of hydrogen-bond acceptors (Lipinski definition) is 2. The van der Waals surface area contributed by atoms with Crippen molar-refractivity contribution in [3.8, 4) is 0 Å². The monoisotopic (exact) mass is 268 g/mol. The third-order valence-corrected chi connectivity index (χ3v) is 2.87. The summed E-state index contributed by atoms with van der Waals surface area (Å²) in [6.07, 6.45) is 0.234. The molecule has 0 aliphatic carbocycles. The van der Waals surface area contributed by atoms with Gasteiger partial charge in [-0.15, -0.1) is 0 Å². The number of hydrogen-bond donors (Lipinski definition) is 3. The van der Waals surface area contributed by atoms with E-state index in [1.165, 1.54) is 13.0 Å². The average molecular weight is 268 g/mol. The van der Waals surface area contributed by atoms with Crippen molar-refractivity contribution in [3.05, 3.63) is 29.6 Å². The van der Waals surface area contributed by atoms with E-state index in [0.717, 1.165) is 6.07 Å². The van der Waals surface area contributed by atoms with E-state index in [1.54, 1.807) is 19.9 Å². The highest BCUT2D eigenvalue weighted by molar-refractivity contribution is 5.93. The molecule has 0 heterocycles. The molecular formula is C13H17FN2O3. The Morgan fingerprint density at radius 3 is 2.47 bits per heavy atom. The summed E-state index contributed by atoms with van der Waals surface area (Å²) in [6.45, 7) is 4.76. The zero-order valence-electron chi connectivity index (χ0n) is 11.1. The summed E-state index contributed by atoms with van der Waals surface area (Å²) >= 11 is 0. The number of urea groups is 1. The number of carbonyl (C=O) groups excluding carboxylic acids is 1. The fourth-order valence-corrected chi connectivity index (χ4v) is 1.51. The molecule has 2 amide bonds. The van der Waals surface area contributed by atoms with Gasteiger partial charge >= 0.3 is 12.0 Å². The lowest BCUT2D eigenvalue weighted by atomic mass is 10.00. The van der Waals surface area contributed by atoms with E-state index >= 15 is 0 Å². The van der Waals surface area contributed by atoms with Gasteiger partial charge in [-0.1, -0.05) is 6.92 Å². The molecule has 5 nitrogen and oxygen atoms in total. The highest BCUT2D eigenvalue weighted by Crippen LogP contribution is 2.14. The van der Waals surface area contributed by atoms with E-state index in [2.05, 4.69) is 10.6 Å². The number of anilines is 1. The van der Waals surface area contributed by atoms with E-state index < -0.39 is 23.4 Å². The molecule has 6 heteroatoms. The zero-order valence-corrected chi connectivity index (χ0v) is 11.1. The molecule has 0 aromatic heterocycles. The van der Waals surface area contributed by atoms with E-state index in [-0.39, 0.29) is 12.1 Å². The van der Waals surface area contributed by atoms with E-state index in [4.69, 9.17) is 5.11 Å². The van der Waals surface area contributed by atoms with Crippen LogP contribution >= 0.6 is 0 Å². The number of nitrogens with one attached hydrogen (secondary N) is 2. The van der Waals surface area contributed by atoms with Crippen molar-refractivity contribution in [3.63, 3.8) is 0 Å². The number of rotatable bonds is 4. The first-order chi connectivity index (χ1) is 8.76. The number of carboxylic acid groups (broad SMARTS) is 1. The minimum Gasteiger partial charge on any atom is -0.480 e. The van der Waals surface area contributed by atoms with Crippen molar-refractivity contribution in [2.75, 3.05) is 5.32 Å². The Labute approximate surface area is 110 Å².